The molecule has 34 heavy (non-hydrogen) atoms. The van der Waals surface area contributed by atoms with E-state index in [1.807, 2.05) is 12.1 Å². The summed E-state index contributed by atoms with van der Waals surface area (Å²) in [4.78, 5) is 44.4. The van der Waals surface area contributed by atoms with Gasteiger partial charge < -0.3 is 25.1 Å². The number of nitrogen functional groups attached to an aromatic ring is 1. The van der Waals surface area contributed by atoms with Crippen LogP contribution in [0.5, 0.6) is 0 Å². The van der Waals surface area contributed by atoms with Gasteiger partial charge in [0.25, 0.3) is 5.91 Å². The van der Waals surface area contributed by atoms with Crippen LogP contribution in [0.15, 0.2) is 65.5 Å². The summed E-state index contributed by atoms with van der Waals surface area (Å²) in [5.41, 5.74) is 8.43. The maximum atomic E-state index is 13.5. The number of benzene rings is 2. The fourth-order valence-electron chi connectivity index (χ4n) is 4.52. The Morgan fingerprint density at radius 1 is 1.15 bits per heavy atom. The van der Waals surface area contributed by atoms with Gasteiger partial charge in [-0.05, 0) is 36.2 Å². The minimum absolute atomic E-state index is 0.0195. The van der Waals surface area contributed by atoms with E-state index < -0.39 is 12.1 Å². The summed E-state index contributed by atoms with van der Waals surface area (Å²) in [6, 6.07) is 12.6. The second-order valence-corrected chi connectivity index (χ2v) is 8.50. The topological polar surface area (TPSA) is 128 Å². The van der Waals surface area contributed by atoms with Gasteiger partial charge in [0.15, 0.2) is 17.9 Å². The Balaban J connectivity index is 1.36. The molecular weight excluding hydrogens is 436 g/mol. The van der Waals surface area contributed by atoms with Gasteiger partial charge >= 0.3 is 0 Å². The third-order valence-corrected chi connectivity index (χ3v) is 6.28. The van der Waals surface area contributed by atoms with Crippen LogP contribution in [0, 0.1) is 0 Å². The van der Waals surface area contributed by atoms with Gasteiger partial charge in [0.1, 0.15) is 18.7 Å². The third-order valence-electron chi connectivity index (χ3n) is 6.28. The second-order valence-electron chi connectivity index (χ2n) is 8.50. The molecule has 9 nitrogen and oxygen atoms in total. The van der Waals surface area contributed by atoms with Gasteiger partial charge in [0.2, 0.25) is 5.91 Å². The zero-order valence-electron chi connectivity index (χ0n) is 18.3. The first-order valence-corrected chi connectivity index (χ1v) is 11.1. The van der Waals surface area contributed by atoms with Crippen LogP contribution >= 0.6 is 0 Å². The first-order valence-electron chi connectivity index (χ1n) is 11.1. The number of rotatable bonds is 6. The van der Waals surface area contributed by atoms with Gasteiger partial charge in [-0.15, -0.1) is 0 Å². The molecule has 2 amide bonds. The van der Waals surface area contributed by atoms with Crippen LogP contribution in [0.2, 0.25) is 0 Å². The number of nitrogens with zero attached hydrogens (tertiary/aromatic N) is 2. The Morgan fingerprint density at radius 2 is 1.91 bits per heavy atom. The zero-order chi connectivity index (χ0) is 23.7. The van der Waals surface area contributed by atoms with Crippen molar-refractivity contribution in [2.45, 2.75) is 31.0 Å². The summed E-state index contributed by atoms with van der Waals surface area (Å²) in [5, 5.41) is 2.87. The molecule has 2 aliphatic heterocycles. The Kier molecular flexibility index (Phi) is 5.85. The smallest absolute Gasteiger partial charge is 0.251 e. The number of nitrogens with one attached hydrogen (secondary N) is 1. The molecule has 2 aliphatic rings. The molecule has 3 heterocycles. The van der Waals surface area contributed by atoms with Crippen molar-refractivity contribution in [1.82, 2.24) is 15.2 Å². The number of carbonyl (C=O) groups excluding carboxylic acids is 3. The van der Waals surface area contributed by atoms with E-state index in [4.69, 9.17) is 14.9 Å². The van der Waals surface area contributed by atoms with Crippen molar-refractivity contribution in [2.24, 2.45) is 0 Å². The Labute approximate surface area is 195 Å². The molecule has 0 radical (unpaired) electrons. The molecule has 2 saturated heterocycles. The lowest BCUT2D eigenvalue weighted by molar-refractivity contribution is -0.138. The zero-order valence-corrected chi connectivity index (χ0v) is 18.3. The van der Waals surface area contributed by atoms with E-state index in [1.54, 1.807) is 47.5 Å². The summed E-state index contributed by atoms with van der Waals surface area (Å²) in [7, 11) is 0. The number of nitrogens with two attached hydrogens (primary N) is 1. The van der Waals surface area contributed by atoms with Crippen LogP contribution in [0.1, 0.15) is 22.3 Å². The molecule has 0 aliphatic carbocycles. The molecule has 3 atom stereocenters. The van der Waals surface area contributed by atoms with E-state index in [2.05, 4.69) is 10.3 Å². The molecular formula is C25H24N4O5. The van der Waals surface area contributed by atoms with E-state index in [0.29, 0.717) is 30.0 Å². The van der Waals surface area contributed by atoms with Crippen molar-refractivity contribution >= 4 is 23.3 Å². The van der Waals surface area contributed by atoms with Gasteiger partial charge in [-0.25, -0.2) is 4.98 Å². The molecule has 0 saturated carbocycles. The highest BCUT2D eigenvalue weighted by Gasteiger charge is 2.48. The second kappa shape index (κ2) is 9.11. The molecule has 2 aromatic carbocycles. The number of amides is 2. The Bertz CT molecular complexity index is 1190. The average Bonchev–Trinajstić information content (AvgIpc) is 3.60. The predicted molar refractivity (Wildman–Crippen MR) is 123 cm³/mol. The first kappa shape index (κ1) is 21.8. The minimum Gasteiger partial charge on any atom is -0.444 e. The van der Waals surface area contributed by atoms with Crippen LogP contribution < -0.4 is 11.1 Å². The maximum Gasteiger partial charge on any atom is 0.251 e. The summed E-state index contributed by atoms with van der Waals surface area (Å²) in [5.74, 6) is -0.190. The van der Waals surface area contributed by atoms with Gasteiger partial charge in [0.05, 0.1) is 12.3 Å². The Morgan fingerprint density at radius 3 is 2.62 bits per heavy atom. The van der Waals surface area contributed by atoms with Crippen molar-refractivity contribution in [1.29, 1.82) is 0 Å². The van der Waals surface area contributed by atoms with E-state index in [-0.39, 0.29) is 36.7 Å². The Hall–Kier alpha value is -3.98. The van der Waals surface area contributed by atoms with Crippen LogP contribution in [-0.2, 0) is 20.7 Å². The standard InChI is InChI=1S/C25H24N4O5/c26-18-7-1-15(2-8-18)11-19(25(32)29-10-9-21-23(29)20(30)13-33-21)28-24(31)17-5-3-16(4-6-17)22-12-27-14-34-22/h1-8,12,14,19,21,23H,9-11,13,26H2,(H,28,31). The lowest BCUT2D eigenvalue weighted by atomic mass is 10.0. The molecule has 9 heteroatoms. The van der Waals surface area contributed by atoms with Crippen LogP contribution in [0.4, 0.5) is 5.69 Å². The number of ketones is 1. The highest BCUT2D eigenvalue weighted by atomic mass is 16.5. The van der Waals surface area contributed by atoms with E-state index in [1.165, 1.54) is 6.39 Å². The number of anilines is 1. The average molecular weight is 460 g/mol. The van der Waals surface area contributed by atoms with Gasteiger partial charge in [-0.2, -0.15) is 0 Å². The lowest BCUT2D eigenvalue weighted by Gasteiger charge is -2.27. The number of oxazole rings is 1. The largest absolute Gasteiger partial charge is 0.444 e. The number of ether oxygens (including phenoxy) is 1. The van der Waals surface area contributed by atoms with Crippen molar-refractivity contribution in [3.63, 3.8) is 0 Å². The highest BCUT2D eigenvalue weighted by molar-refractivity contribution is 5.99. The SMILES string of the molecule is Nc1ccc(CC(NC(=O)c2ccc(-c3cnco3)cc2)C(=O)N2CCC3OCC(=O)C32)cc1. The predicted octanol–water partition coefficient (Wildman–Crippen LogP) is 1.83. The van der Waals surface area contributed by atoms with E-state index in [9.17, 15) is 14.4 Å². The molecule has 2 fully saturated rings. The molecule has 5 rings (SSSR count). The number of hydrogen-bond donors (Lipinski definition) is 2. The molecule has 3 aromatic rings. The quantitative estimate of drug-likeness (QED) is 0.537. The van der Waals surface area contributed by atoms with E-state index in [0.717, 1.165) is 11.1 Å². The van der Waals surface area contributed by atoms with Crippen LogP contribution in [-0.4, -0.2) is 58.8 Å². The lowest BCUT2D eigenvalue weighted by Crippen LogP contribution is -2.53. The van der Waals surface area contributed by atoms with Crippen LogP contribution in [0.25, 0.3) is 11.3 Å². The fraction of sp³-hybridized carbons (Fsp3) is 0.280. The molecule has 174 valence electrons. The van der Waals surface area contributed by atoms with Gasteiger partial charge in [-0.1, -0.05) is 24.3 Å². The number of Topliss-reactive ketones (excluding diaryl/α,β-unsaturated/α-hetero) is 1. The summed E-state index contributed by atoms with van der Waals surface area (Å²) in [6.45, 7) is 0.436. The number of fused-ring (bicyclic) bond motifs is 1. The number of likely N-dealkylation sites (tertiary alicyclic amines) is 1. The normalized spacial score (nSPS) is 20.2. The summed E-state index contributed by atoms with van der Waals surface area (Å²) in [6.07, 6.45) is 3.53. The summed E-state index contributed by atoms with van der Waals surface area (Å²) >= 11 is 0. The number of carbonyl (C=O) groups is 3. The monoisotopic (exact) mass is 460 g/mol. The molecule has 1 aromatic heterocycles. The highest BCUT2D eigenvalue weighted by Crippen LogP contribution is 2.28. The van der Waals surface area contributed by atoms with Gasteiger partial charge in [0, 0.05) is 29.8 Å². The molecule has 0 bridgehead atoms. The van der Waals surface area contributed by atoms with Gasteiger partial charge in [-0.3, -0.25) is 14.4 Å². The fourth-order valence-corrected chi connectivity index (χ4v) is 4.52. The maximum absolute atomic E-state index is 13.5. The van der Waals surface area contributed by atoms with E-state index >= 15 is 0 Å². The van der Waals surface area contributed by atoms with Crippen molar-refractivity contribution < 1.29 is 23.5 Å². The van der Waals surface area contributed by atoms with Crippen LogP contribution in [0.3, 0.4) is 0 Å². The molecule has 3 unspecified atom stereocenters. The first-order chi connectivity index (χ1) is 16.5. The number of hydrogen-bond acceptors (Lipinski definition) is 7. The number of aromatic nitrogens is 1. The van der Waals surface area contributed by atoms with Crippen molar-refractivity contribution in [2.75, 3.05) is 18.9 Å². The van der Waals surface area contributed by atoms with Crippen molar-refractivity contribution in [3.8, 4) is 11.3 Å². The summed E-state index contributed by atoms with van der Waals surface area (Å²) < 4.78 is 10.8. The van der Waals surface area contributed by atoms with Crippen molar-refractivity contribution in [3.05, 3.63) is 72.2 Å². The third kappa shape index (κ3) is 4.29. The molecule has 0 spiro atoms. The molecule has 3 N–H and O–H groups in total. The minimum atomic E-state index is -0.850.